The quantitative estimate of drug-likeness (QED) is 0.535. The number of ether oxygens (including phenoxy) is 1. The Morgan fingerprint density at radius 3 is 2.69 bits per heavy atom. The van der Waals surface area contributed by atoms with Gasteiger partial charge in [0.25, 0.3) is 0 Å². The largest absolute Gasteiger partial charge is 0.375 e. The Kier molecular flexibility index (Phi) is 5.28. The number of piperidine rings is 1. The highest BCUT2D eigenvalue weighted by Gasteiger charge is 2.45. The van der Waals surface area contributed by atoms with E-state index in [0.717, 1.165) is 41.8 Å². The maximum Gasteiger partial charge on any atom is 0.152 e. The van der Waals surface area contributed by atoms with E-state index in [-0.39, 0.29) is 0 Å². The minimum atomic E-state index is -0.429. The van der Waals surface area contributed by atoms with Crippen LogP contribution in [-0.4, -0.2) is 68.8 Å². The highest BCUT2D eigenvalue weighted by Crippen LogP contribution is 2.39. The van der Waals surface area contributed by atoms with Crippen LogP contribution in [0.4, 0.5) is 5.69 Å². The lowest BCUT2D eigenvalue weighted by Crippen LogP contribution is -2.53. The summed E-state index contributed by atoms with van der Waals surface area (Å²) in [5.74, 6) is 1.47. The molecule has 1 N–H and O–H groups in total. The van der Waals surface area contributed by atoms with Gasteiger partial charge in [-0.2, -0.15) is 0 Å². The molecule has 0 amide bonds. The summed E-state index contributed by atoms with van der Waals surface area (Å²) in [5, 5.41) is 12.7. The van der Waals surface area contributed by atoms with Gasteiger partial charge in [-0.15, -0.1) is 5.10 Å². The predicted octanol–water partition coefficient (Wildman–Crippen LogP) is 2.75. The van der Waals surface area contributed by atoms with Crippen molar-refractivity contribution in [2.75, 3.05) is 37.7 Å². The zero-order chi connectivity index (χ0) is 23.2. The molecular formula is C26H32N8O. The molecule has 2 aliphatic carbocycles. The van der Waals surface area contributed by atoms with E-state index in [1.807, 2.05) is 23.3 Å². The van der Waals surface area contributed by atoms with E-state index in [4.69, 9.17) is 14.7 Å². The summed E-state index contributed by atoms with van der Waals surface area (Å²) >= 11 is 0. The molecule has 5 heterocycles. The second-order valence-corrected chi connectivity index (χ2v) is 10.7. The average Bonchev–Trinajstić information content (AvgIpc) is 3.82. The van der Waals surface area contributed by atoms with Gasteiger partial charge in [-0.3, -0.25) is 9.97 Å². The van der Waals surface area contributed by atoms with Crippen LogP contribution < -0.4 is 10.2 Å². The summed E-state index contributed by atoms with van der Waals surface area (Å²) in [5.41, 5.74) is 4.28. The molecule has 2 saturated heterocycles. The fourth-order valence-electron chi connectivity index (χ4n) is 5.25. The normalized spacial score (nSPS) is 23.8. The number of nitrogens with zero attached hydrogens (tertiary/aromatic N) is 7. The first-order chi connectivity index (χ1) is 17.3. The summed E-state index contributed by atoms with van der Waals surface area (Å²) < 4.78 is 7.56. The summed E-state index contributed by atoms with van der Waals surface area (Å²) in [6.07, 6.45) is 15.3. The van der Waals surface area contributed by atoms with Gasteiger partial charge in [0.2, 0.25) is 0 Å². The maximum atomic E-state index is 5.66. The minimum absolute atomic E-state index is 0.429. The SMILES string of the molecule is c1cc(C2(n3cc(-c4cncc(C5CC5)n4)nn3)COC2)ncc1N1CCC[C@@H](NCC2CC2)C1. The number of anilines is 1. The van der Waals surface area contributed by atoms with Gasteiger partial charge in [0, 0.05) is 31.2 Å². The van der Waals surface area contributed by atoms with E-state index in [0.29, 0.717) is 25.2 Å². The molecule has 2 aliphatic heterocycles. The van der Waals surface area contributed by atoms with Crippen molar-refractivity contribution in [2.45, 2.75) is 56.0 Å². The van der Waals surface area contributed by atoms with Gasteiger partial charge < -0.3 is 15.0 Å². The van der Waals surface area contributed by atoms with Crippen molar-refractivity contribution in [3.8, 4) is 11.4 Å². The Bertz CT molecular complexity index is 1180. The molecular weight excluding hydrogens is 440 g/mol. The van der Waals surface area contributed by atoms with Crippen LogP contribution in [0.2, 0.25) is 0 Å². The Hall–Kier alpha value is -2.91. The molecule has 182 valence electrons. The molecule has 7 rings (SSSR count). The number of hydrogen-bond donors (Lipinski definition) is 1. The van der Waals surface area contributed by atoms with Gasteiger partial charge >= 0.3 is 0 Å². The lowest BCUT2D eigenvalue weighted by molar-refractivity contribution is -0.0851. The summed E-state index contributed by atoms with van der Waals surface area (Å²) in [6, 6.07) is 4.91. The first-order valence-corrected chi connectivity index (χ1v) is 13.0. The number of nitrogens with one attached hydrogen (secondary N) is 1. The van der Waals surface area contributed by atoms with Crippen LogP contribution in [0.25, 0.3) is 11.4 Å². The van der Waals surface area contributed by atoms with Gasteiger partial charge in [-0.25, -0.2) is 9.67 Å². The van der Waals surface area contributed by atoms with Crippen molar-refractivity contribution in [3.63, 3.8) is 0 Å². The molecule has 2 saturated carbocycles. The first kappa shape index (κ1) is 21.4. The lowest BCUT2D eigenvalue weighted by atomic mass is 9.92. The van der Waals surface area contributed by atoms with E-state index in [2.05, 4.69) is 37.6 Å². The highest BCUT2D eigenvalue weighted by molar-refractivity contribution is 5.51. The average molecular weight is 473 g/mol. The maximum absolute atomic E-state index is 5.66. The van der Waals surface area contributed by atoms with Gasteiger partial charge in [0.15, 0.2) is 5.54 Å². The molecule has 9 nitrogen and oxygen atoms in total. The van der Waals surface area contributed by atoms with Crippen LogP contribution >= 0.6 is 0 Å². The third-order valence-electron chi connectivity index (χ3n) is 7.93. The Labute approximate surface area is 205 Å². The van der Waals surface area contributed by atoms with E-state index < -0.39 is 5.54 Å². The number of pyridine rings is 1. The first-order valence-electron chi connectivity index (χ1n) is 13.0. The van der Waals surface area contributed by atoms with Gasteiger partial charge in [0.05, 0.1) is 48.9 Å². The summed E-state index contributed by atoms with van der Waals surface area (Å²) in [7, 11) is 0. The van der Waals surface area contributed by atoms with Crippen molar-refractivity contribution < 1.29 is 4.74 Å². The number of aromatic nitrogens is 6. The van der Waals surface area contributed by atoms with Crippen molar-refractivity contribution in [1.29, 1.82) is 0 Å². The van der Waals surface area contributed by atoms with Crippen molar-refractivity contribution >= 4 is 5.69 Å². The molecule has 0 spiro atoms. The minimum Gasteiger partial charge on any atom is -0.375 e. The van der Waals surface area contributed by atoms with Crippen LogP contribution in [0.1, 0.15) is 55.8 Å². The second kappa shape index (κ2) is 8.64. The summed E-state index contributed by atoms with van der Waals surface area (Å²) in [6.45, 7) is 4.38. The van der Waals surface area contributed by atoms with Crippen molar-refractivity contribution in [2.24, 2.45) is 5.92 Å². The van der Waals surface area contributed by atoms with Gasteiger partial charge in [-0.05, 0) is 63.1 Å². The molecule has 0 radical (unpaired) electrons. The molecule has 0 aromatic carbocycles. The third kappa shape index (κ3) is 4.21. The molecule has 0 bridgehead atoms. The van der Waals surface area contributed by atoms with Gasteiger partial charge in [-0.1, -0.05) is 5.21 Å². The Balaban J connectivity index is 1.08. The fraction of sp³-hybridized carbons (Fsp3) is 0.577. The molecule has 4 aliphatic rings. The van der Waals surface area contributed by atoms with Crippen LogP contribution in [0, 0.1) is 5.92 Å². The van der Waals surface area contributed by atoms with Crippen LogP contribution in [-0.2, 0) is 10.3 Å². The number of rotatable bonds is 8. The van der Waals surface area contributed by atoms with Gasteiger partial charge in [0.1, 0.15) is 11.4 Å². The summed E-state index contributed by atoms with van der Waals surface area (Å²) in [4.78, 5) is 16.5. The molecule has 35 heavy (non-hydrogen) atoms. The molecule has 9 heteroatoms. The topological polar surface area (TPSA) is 93.9 Å². The van der Waals surface area contributed by atoms with Crippen LogP contribution in [0.3, 0.4) is 0 Å². The molecule has 0 unspecified atom stereocenters. The van der Waals surface area contributed by atoms with E-state index in [9.17, 15) is 0 Å². The zero-order valence-corrected chi connectivity index (χ0v) is 20.0. The van der Waals surface area contributed by atoms with Crippen LogP contribution in [0.15, 0.2) is 36.9 Å². The van der Waals surface area contributed by atoms with Crippen molar-refractivity contribution in [1.82, 2.24) is 35.3 Å². The van der Waals surface area contributed by atoms with E-state index >= 15 is 0 Å². The third-order valence-corrected chi connectivity index (χ3v) is 7.93. The fourth-order valence-corrected chi connectivity index (χ4v) is 5.25. The predicted molar refractivity (Wildman–Crippen MR) is 131 cm³/mol. The standard InChI is InChI=1S/C26H32N8O/c1-2-20(28-10-18-3-4-18)14-33(9-1)21-7-8-25(29-11-21)26(16-35-17-26)34-15-24(31-32-34)23-13-27-12-22(30-23)19-5-6-19/h7-8,11-13,15,18-20,28H,1-6,9-10,14,16-17H2/t20-/m1/s1. The molecule has 1 atom stereocenters. The monoisotopic (exact) mass is 472 g/mol. The van der Waals surface area contributed by atoms with E-state index in [1.54, 1.807) is 6.20 Å². The molecule has 3 aromatic heterocycles. The van der Waals surface area contributed by atoms with Crippen LogP contribution in [0.5, 0.6) is 0 Å². The lowest BCUT2D eigenvalue weighted by Gasteiger charge is -2.40. The van der Waals surface area contributed by atoms with Crippen molar-refractivity contribution in [3.05, 3.63) is 48.3 Å². The number of hydrogen-bond acceptors (Lipinski definition) is 8. The zero-order valence-electron chi connectivity index (χ0n) is 20.0. The smallest absolute Gasteiger partial charge is 0.152 e. The van der Waals surface area contributed by atoms with E-state index in [1.165, 1.54) is 50.8 Å². The Morgan fingerprint density at radius 1 is 1.03 bits per heavy atom. The molecule has 4 fully saturated rings. The Morgan fingerprint density at radius 2 is 1.94 bits per heavy atom. The highest BCUT2D eigenvalue weighted by atomic mass is 16.5. The second-order valence-electron chi connectivity index (χ2n) is 10.7. The molecule has 3 aromatic rings.